The summed E-state index contributed by atoms with van der Waals surface area (Å²) in [4.78, 5) is 29.8. The number of rotatable bonds is 5. The third-order valence-corrected chi connectivity index (χ3v) is 5.59. The Bertz CT molecular complexity index is 1260. The van der Waals surface area contributed by atoms with Crippen LogP contribution in [0.25, 0.3) is 10.9 Å². The zero-order valence-corrected chi connectivity index (χ0v) is 21.5. The zero-order valence-electron chi connectivity index (χ0n) is 18.3. The Morgan fingerprint density at radius 2 is 1.81 bits per heavy atom. The van der Waals surface area contributed by atoms with Crippen LogP contribution in [0.15, 0.2) is 55.2 Å². The molecule has 9 heteroatoms. The van der Waals surface area contributed by atoms with Crippen molar-refractivity contribution in [2.24, 2.45) is 5.10 Å². The summed E-state index contributed by atoms with van der Waals surface area (Å²) in [5.41, 5.74) is 0.468. The number of hydrogen-bond donors (Lipinski definition) is 0. The minimum absolute atomic E-state index is 0.280. The van der Waals surface area contributed by atoms with Crippen LogP contribution in [0.5, 0.6) is 5.75 Å². The minimum Gasteiger partial charge on any atom is -0.478 e. The highest BCUT2D eigenvalue weighted by Gasteiger charge is 2.23. The predicted octanol–water partition coefficient (Wildman–Crippen LogP) is 5.04. The van der Waals surface area contributed by atoms with Crippen molar-refractivity contribution in [1.82, 2.24) is 9.66 Å². The first-order valence-electron chi connectivity index (χ1n) is 9.82. The summed E-state index contributed by atoms with van der Waals surface area (Å²) in [6.45, 7) is 7.51. The van der Waals surface area contributed by atoms with Gasteiger partial charge in [0.15, 0.2) is 6.10 Å². The summed E-state index contributed by atoms with van der Waals surface area (Å²) in [7, 11) is 1.30. The van der Waals surface area contributed by atoms with Crippen LogP contribution in [0.4, 0.5) is 0 Å². The summed E-state index contributed by atoms with van der Waals surface area (Å²) < 4.78 is 13.4. The first-order valence-corrected chi connectivity index (χ1v) is 11.4. The number of esters is 1. The van der Waals surface area contributed by atoms with E-state index in [0.29, 0.717) is 28.0 Å². The number of methoxy groups -OCH3 is 1. The summed E-state index contributed by atoms with van der Waals surface area (Å²) in [6, 6.07) is 10.7. The molecule has 0 N–H and O–H groups in total. The summed E-state index contributed by atoms with van der Waals surface area (Å²) in [5.74, 6) is 0.456. The second-order valence-electron chi connectivity index (χ2n) is 8.17. The van der Waals surface area contributed by atoms with Crippen LogP contribution in [-0.2, 0) is 14.9 Å². The molecule has 168 valence electrons. The van der Waals surface area contributed by atoms with Crippen molar-refractivity contribution < 1.29 is 14.3 Å². The van der Waals surface area contributed by atoms with Gasteiger partial charge in [-0.2, -0.15) is 9.78 Å². The second kappa shape index (κ2) is 9.54. The quantitative estimate of drug-likeness (QED) is 0.320. The molecule has 7 nitrogen and oxygen atoms in total. The number of halogens is 2. The highest BCUT2D eigenvalue weighted by molar-refractivity contribution is 9.10. The van der Waals surface area contributed by atoms with Crippen molar-refractivity contribution in [2.75, 3.05) is 7.11 Å². The third kappa shape index (κ3) is 5.27. The van der Waals surface area contributed by atoms with E-state index in [9.17, 15) is 9.59 Å². The Morgan fingerprint density at radius 1 is 1.16 bits per heavy atom. The van der Waals surface area contributed by atoms with Crippen molar-refractivity contribution >= 4 is 54.9 Å². The Labute approximate surface area is 202 Å². The molecule has 0 fully saturated rings. The van der Waals surface area contributed by atoms with Crippen LogP contribution in [-0.4, -0.2) is 35.1 Å². The molecule has 0 radical (unpaired) electrons. The average Bonchev–Trinajstić information content (AvgIpc) is 2.73. The maximum absolute atomic E-state index is 13.3. The van der Waals surface area contributed by atoms with E-state index in [1.165, 1.54) is 18.0 Å². The maximum Gasteiger partial charge on any atom is 0.346 e. The van der Waals surface area contributed by atoms with Gasteiger partial charge in [-0.05, 0) is 43.3 Å². The van der Waals surface area contributed by atoms with Crippen LogP contribution >= 0.6 is 31.9 Å². The maximum atomic E-state index is 13.3. The fraction of sp³-hybridized carbons (Fsp3) is 0.304. The molecule has 0 saturated heterocycles. The lowest BCUT2D eigenvalue weighted by molar-refractivity contribution is -0.147. The number of carbonyl (C=O) groups excluding carboxylic acids is 1. The molecule has 0 spiro atoms. The number of aromatic nitrogens is 2. The van der Waals surface area contributed by atoms with Crippen LogP contribution in [0.1, 0.15) is 39.1 Å². The molecule has 1 atom stereocenters. The van der Waals surface area contributed by atoms with Gasteiger partial charge in [-0.25, -0.2) is 9.78 Å². The van der Waals surface area contributed by atoms with Gasteiger partial charge in [0, 0.05) is 19.9 Å². The fourth-order valence-electron chi connectivity index (χ4n) is 2.99. The van der Waals surface area contributed by atoms with Gasteiger partial charge >= 0.3 is 5.97 Å². The van der Waals surface area contributed by atoms with Gasteiger partial charge in [0.05, 0.1) is 24.2 Å². The normalized spacial score (nSPS) is 12.8. The number of benzene rings is 2. The molecule has 0 bridgehead atoms. The third-order valence-electron chi connectivity index (χ3n) is 4.60. The predicted molar refractivity (Wildman–Crippen MR) is 132 cm³/mol. The fourth-order valence-corrected chi connectivity index (χ4v) is 3.73. The molecule has 0 aliphatic carbocycles. The van der Waals surface area contributed by atoms with Crippen molar-refractivity contribution in [1.29, 1.82) is 0 Å². The number of carbonyl (C=O) groups is 1. The molecule has 0 aliphatic rings. The van der Waals surface area contributed by atoms with Gasteiger partial charge in [-0.1, -0.05) is 52.6 Å². The van der Waals surface area contributed by atoms with Crippen LogP contribution in [0.3, 0.4) is 0 Å². The number of ether oxygens (including phenoxy) is 2. The molecule has 1 heterocycles. The summed E-state index contributed by atoms with van der Waals surface area (Å²) in [6.07, 6.45) is 0.715. The molecule has 0 aliphatic heterocycles. The molecular formula is C23H23Br2N3O4. The van der Waals surface area contributed by atoms with E-state index < -0.39 is 17.5 Å². The first-order chi connectivity index (χ1) is 15.0. The lowest BCUT2D eigenvalue weighted by Crippen LogP contribution is -2.29. The monoisotopic (exact) mass is 563 g/mol. The van der Waals surface area contributed by atoms with Gasteiger partial charge in [0.25, 0.3) is 5.56 Å². The smallest absolute Gasteiger partial charge is 0.346 e. The molecule has 0 saturated carbocycles. The standard InChI is InChI=1S/C23H23Br2N3O4/c1-13(21(30)31-5)32-19-9-7-15(24)10-14(19)12-26-28-20(29)17-11-16(25)6-8-18(17)27-22(28)23(2,3)4/h6-13H,1-5H3/t13-/m0/s1. The highest BCUT2D eigenvalue weighted by atomic mass is 79.9. The minimum atomic E-state index is -0.805. The van der Waals surface area contributed by atoms with Crippen molar-refractivity contribution in [3.63, 3.8) is 0 Å². The average molecular weight is 565 g/mol. The zero-order chi connectivity index (χ0) is 23.6. The van der Waals surface area contributed by atoms with Crippen LogP contribution < -0.4 is 10.3 Å². The molecule has 32 heavy (non-hydrogen) atoms. The Balaban J connectivity index is 2.14. The first kappa shape index (κ1) is 24.1. The van der Waals surface area contributed by atoms with E-state index in [1.54, 1.807) is 37.3 Å². The van der Waals surface area contributed by atoms with Gasteiger partial charge in [-0.15, -0.1) is 0 Å². The molecule has 0 amide bonds. The van der Waals surface area contributed by atoms with Gasteiger partial charge < -0.3 is 9.47 Å². The molecule has 3 aromatic rings. The number of nitrogens with zero attached hydrogens (tertiary/aromatic N) is 3. The van der Waals surface area contributed by atoms with Crippen molar-refractivity contribution in [3.8, 4) is 5.75 Å². The van der Waals surface area contributed by atoms with E-state index in [1.807, 2.05) is 26.8 Å². The van der Waals surface area contributed by atoms with Crippen molar-refractivity contribution in [2.45, 2.75) is 39.2 Å². The summed E-state index contributed by atoms with van der Waals surface area (Å²) in [5, 5.41) is 4.93. The molecule has 0 unspecified atom stereocenters. The largest absolute Gasteiger partial charge is 0.478 e. The Morgan fingerprint density at radius 3 is 2.47 bits per heavy atom. The number of hydrogen-bond acceptors (Lipinski definition) is 6. The molecule has 1 aromatic heterocycles. The van der Waals surface area contributed by atoms with Gasteiger partial charge in [0.1, 0.15) is 11.6 Å². The highest BCUT2D eigenvalue weighted by Crippen LogP contribution is 2.25. The summed E-state index contributed by atoms with van der Waals surface area (Å²) >= 11 is 6.85. The van der Waals surface area contributed by atoms with E-state index >= 15 is 0 Å². The van der Waals surface area contributed by atoms with Crippen molar-refractivity contribution in [3.05, 3.63) is 67.1 Å². The lowest BCUT2D eigenvalue weighted by atomic mass is 9.95. The topological polar surface area (TPSA) is 82.8 Å². The van der Waals surface area contributed by atoms with Gasteiger partial charge in [0.2, 0.25) is 0 Å². The van der Waals surface area contributed by atoms with E-state index in [-0.39, 0.29) is 5.56 Å². The van der Waals surface area contributed by atoms with Crippen LogP contribution in [0.2, 0.25) is 0 Å². The van der Waals surface area contributed by atoms with Crippen LogP contribution in [0, 0.1) is 0 Å². The Hall–Kier alpha value is -2.52. The van der Waals surface area contributed by atoms with Gasteiger partial charge in [-0.3, -0.25) is 4.79 Å². The molecule has 3 rings (SSSR count). The number of fused-ring (bicyclic) bond motifs is 1. The molecule has 2 aromatic carbocycles. The SMILES string of the molecule is COC(=O)[C@H](C)Oc1ccc(Br)cc1C=Nn1c(C(C)(C)C)nc2ccc(Br)cc2c1=O. The Kier molecular flexibility index (Phi) is 7.19. The van der Waals surface area contributed by atoms with E-state index in [0.717, 1.165) is 8.95 Å². The second-order valence-corrected chi connectivity index (χ2v) is 10.0. The molecular weight excluding hydrogens is 542 g/mol. The van der Waals surface area contributed by atoms with E-state index in [2.05, 4.69) is 37.0 Å². The lowest BCUT2D eigenvalue weighted by Gasteiger charge is -2.21. The van der Waals surface area contributed by atoms with E-state index in [4.69, 9.17) is 14.5 Å².